The molecule has 2 heterocycles. The molecule has 1 aromatic rings. The third-order valence-electron chi connectivity index (χ3n) is 5.51. The fourth-order valence-electron chi connectivity index (χ4n) is 2.65. The summed E-state index contributed by atoms with van der Waals surface area (Å²) in [6.45, 7) is 18.0. The van der Waals surface area contributed by atoms with Crippen molar-refractivity contribution in [2.45, 2.75) is 77.9 Å². The lowest BCUT2D eigenvalue weighted by atomic mass is 10.2. The van der Waals surface area contributed by atoms with Crippen LogP contribution in [0.5, 0.6) is 5.88 Å². The van der Waals surface area contributed by atoms with E-state index >= 15 is 0 Å². The van der Waals surface area contributed by atoms with Crippen LogP contribution in [-0.4, -0.2) is 73.6 Å². The predicted molar refractivity (Wildman–Crippen MR) is 119 cm³/mol. The van der Waals surface area contributed by atoms with Crippen molar-refractivity contribution in [1.82, 2.24) is 14.7 Å². The average Bonchev–Trinajstić information content (AvgIpc) is 2.97. The van der Waals surface area contributed by atoms with Crippen LogP contribution in [0.1, 0.15) is 52.0 Å². The summed E-state index contributed by atoms with van der Waals surface area (Å²) in [5, 5.41) is 4.50. The highest BCUT2D eigenvalue weighted by atomic mass is 28.4. The summed E-state index contributed by atoms with van der Waals surface area (Å²) in [6, 6.07) is 1.56. The number of carbonyl (C=O) groups is 2. The van der Waals surface area contributed by atoms with Crippen LogP contribution in [0.4, 0.5) is 4.79 Å². The quantitative estimate of drug-likeness (QED) is 0.457. The Labute approximate surface area is 186 Å². The molecule has 10 heteroatoms. The zero-order valence-electron chi connectivity index (χ0n) is 20.3. The number of rotatable bonds is 7. The van der Waals surface area contributed by atoms with Crippen molar-refractivity contribution in [3.8, 4) is 5.88 Å². The van der Waals surface area contributed by atoms with E-state index in [9.17, 15) is 9.59 Å². The molecule has 176 valence electrons. The van der Waals surface area contributed by atoms with Gasteiger partial charge in [-0.3, -0.25) is 4.68 Å². The van der Waals surface area contributed by atoms with Crippen LogP contribution in [0.25, 0.3) is 0 Å². The highest BCUT2D eigenvalue weighted by Gasteiger charge is 2.37. The van der Waals surface area contributed by atoms with Gasteiger partial charge in [-0.25, -0.2) is 9.59 Å². The third kappa shape index (κ3) is 6.70. The average molecular weight is 456 g/mol. The zero-order valence-corrected chi connectivity index (χ0v) is 21.3. The first-order chi connectivity index (χ1) is 14.1. The van der Waals surface area contributed by atoms with Gasteiger partial charge in [0.2, 0.25) is 5.88 Å². The summed E-state index contributed by atoms with van der Waals surface area (Å²) < 4.78 is 23.8. The van der Waals surface area contributed by atoms with Crippen molar-refractivity contribution in [2.75, 3.05) is 26.8 Å². The molecule has 1 aliphatic rings. The van der Waals surface area contributed by atoms with E-state index in [-0.39, 0.29) is 17.2 Å². The van der Waals surface area contributed by atoms with Gasteiger partial charge in [0.05, 0.1) is 33.4 Å². The predicted octanol–water partition coefficient (Wildman–Crippen LogP) is 3.69. The smallest absolute Gasteiger partial charge is 0.410 e. The molecule has 1 amide bonds. The van der Waals surface area contributed by atoms with Gasteiger partial charge in [0.1, 0.15) is 17.4 Å². The van der Waals surface area contributed by atoms with Gasteiger partial charge < -0.3 is 23.5 Å². The molecule has 1 saturated heterocycles. The molecule has 31 heavy (non-hydrogen) atoms. The molecule has 0 aliphatic carbocycles. The van der Waals surface area contributed by atoms with Crippen molar-refractivity contribution < 1.29 is 28.2 Å². The molecule has 0 saturated carbocycles. The van der Waals surface area contributed by atoms with E-state index in [4.69, 9.17) is 18.6 Å². The van der Waals surface area contributed by atoms with Crippen LogP contribution in [-0.2, 0) is 20.4 Å². The lowest BCUT2D eigenvalue weighted by molar-refractivity contribution is -0.0233. The van der Waals surface area contributed by atoms with Crippen molar-refractivity contribution in [2.24, 2.45) is 0 Å². The maximum absolute atomic E-state index is 12.2. The zero-order chi connectivity index (χ0) is 23.6. The summed E-state index contributed by atoms with van der Waals surface area (Å²) in [4.78, 5) is 25.8. The van der Waals surface area contributed by atoms with Gasteiger partial charge in [-0.05, 0) is 38.9 Å². The minimum atomic E-state index is -1.90. The third-order valence-corrected chi connectivity index (χ3v) is 10.0. The molecule has 0 atom stereocenters. The van der Waals surface area contributed by atoms with Gasteiger partial charge in [-0.15, -0.1) is 5.10 Å². The second-order valence-electron chi connectivity index (χ2n) is 10.3. The minimum Gasteiger partial charge on any atom is -0.469 e. The molecule has 9 nitrogen and oxygen atoms in total. The van der Waals surface area contributed by atoms with E-state index in [1.807, 2.05) is 20.8 Å². The number of nitrogens with zero attached hydrogens (tertiary/aromatic N) is 3. The number of ether oxygens (including phenoxy) is 3. The number of carbonyl (C=O) groups excluding carboxylic acids is 2. The molecule has 0 radical (unpaired) electrons. The summed E-state index contributed by atoms with van der Waals surface area (Å²) in [6.07, 6.45) is -0.569. The van der Waals surface area contributed by atoms with E-state index in [1.54, 1.807) is 15.6 Å². The molecular formula is C21H37N3O6Si. The Hall–Kier alpha value is -2.07. The van der Waals surface area contributed by atoms with Gasteiger partial charge in [-0.2, -0.15) is 0 Å². The standard InChI is InChI=1S/C21H37N3O6Si/c1-20(2,3)30-19(26)23-13-15(14-23)29-17-12-16(18(25)27-7)24(22-17)10-11-28-31(8,9)21(4,5)6/h12,15H,10-11,13-14H2,1-9H3. The Balaban J connectivity index is 1.97. The lowest BCUT2D eigenvalue weighted by Gasteiger charge is -2.38. The van der Waals surface area contributed by atoms with Crippen LogP contribution >= 0.6 is 0 Å². The highest BCUT2D eigenvalue weighted by Crippen LogP contribution is 2.36. The van der Waals surface area contributed by atoms with E-state index < -0.39 is 19.9 Å². The SMILES string of the molecule is COC(=O)c1cc(OC2CN(C(=O)OC(C)(C)C)C2)nn1CCO[Si](C)(C)C(C)(C)C. The van der Waals surface area contributed by atoms with Gasteiger partial charge in [0.25, 0.3) is 0 Å². The molecule has 1 fully saturated rings. The van der Waals surface area contributed by atoms with Crippen LogP contribution < -0.4 is 4.74 Å². The van der Waals surface area contributed by atoms with Crippen molar-refractivity contribution in [1.29, 1.82) is 0 Å². The monoisotopic (exact) mass is 455 g/mol. The highest BCUT2D eigenvalue weighted by molar-refractivity contribution is 6.74. The van der Waals surface area contributed by atoms with E-state index in [2.05, 4.69) is 39.0 Å². The fourth-order valence-corrected chi connectivity index (χ4v) is 3.69. The summed E-state index contributed by atoms with van der Waals surface area (Å²) >= 11 is 0. The molecule has 0 unspecified atom stereocenters. The number of methoxy groups -OCH3 is 1. The second-order valence-corrected chi connectivity index (χ2v) is 15.1. The lowest BCUT2D eigenvalue weighted by Crippen LogP contribution is -2.57. The molecule has 1 aromatic heterocycles. The number of hydrogen-bond donors (Lipinski definition) is 0. The Morgan fingerprint density at radius 3 is 2.29 bits per heavy atom. The second kappa shape index (κ2) is 9.19. The van der Waals surface area contributed by atoms with Gasteiger partial charge in [0, 0.05) is 6.07 Å². The molecular weight excluding hydrogens is 418 g/mol. The fraction of sp³-hybridized carbons (Fsp3) is 0.762. The normalized spacial score (nSPS) is 15.5. The van der Waals surface area contributed by atoms with Crippen LogP contribution in [0.15, 0.2) is 6.07 Å². The van der Waals surface area contributed by atoms with Crippen molar-refractivity contribution in [3.63, 3.8) is 0 Å². The van der Waals surface area contributed by atoms with Crippen molar-refractivity contribution in [3.05, 3.63) is 11.8 Å². The number of hydrogen-bond acceptors (Lipinski definition) is 7. The molecule has 0 spiro atoms. The number of likely N-dealkylation sites (tertiary alicyclic amines) is 1. The summed E-state index contributed by atoms with van der Waals surface area (Å²) in [7, 11) is -0.571. The molecule has 2 rings (SSSR count). The molecule has 0 N–H and O–H groups in total. The number of aromatic nitrogens is 2. The van der Waals surface area contributed by atoms with E-state index in [0.29, 0.717) is 37.8 Å². The molecule has 1 aliphatic heterocycles. The number of amides is 1. The van der Waals surface area contributed by atoms with Gasteiger partial charge >= 0.3 is 12.1 Å². The molecule has 0 aromatic carbocycles. The van der Waals surface area contributed by atoms with E-state index in [0.717, 1.165) is 0 Å². The Morgan fingerprint density at radius 2 is 1.77 bits per heavy atom. The Bertz CT molecular complexity index is 788. The van der Waals surface area contributed by atoms with Gasteiger partial charge in [0.15, 0.2) is 8.32 Å². The maximum atomic E-state index is 12.2. The summed E-state index contributed by atoms with van der Waals surface area (Å²) in [5.74, 6) is -0.166. The minimum absolute atomic E-state index is 0.0980. The van der Waals surface area contributed by atoms with E-state index in [1.165, 1.54) is 7.11 Å². The van der Waals surface area contributed by atoms with Crippen LogP contribution in [0.2, 0.25) is 18.1 Å². The first-order valence-electron chi connectivity index (χ1n) is 10.6. The van der Waals surface area contributed by atoms with Crippen LogP contribution in [0.3, 0.4) is 0 Å². The van der Waals surface area contributed by atoms with Gasteiger partial charge in [-0.1, -0.05) is 20.8 Å². The van der Waals surface area contributed by atoms with Crippen LogP contribution in [0, 0.1) is 0 Å². The van der Waals surface area contributed by atoms with Crippen molar-refractivity contribution >= 4 is 20.4 Å². The maximum Gasteiger partial charge on any atom is 0.410 e. The first-order valence-corrected chi connectivity index (χ1v) is 13.5. The largest absolute Gasteiger partial charge is 0.469 e. The molecule has 0 bridgehead atoms. The summed E-state index contributed by atoms with van der Waals surface area (Å²) in [5.41, 5.74) is -0.233. The Morgan fingerprint density at radius 1 is 1.16 bits per heavy atom. The first kappa shape index (κ1) is 25.2. The Kier molecular flexibility index (Phi) is 7.47. The number of esters is 1. The topological polar surface area (TPSA) is 92.1 Å².